The molecule has 6 nitrogen and oxygen atoms in total. The van der Waals surface area contributed by atoms with Gasteiger partial charge in [-0.1, -0.05) is 0 Å². The lowest BCUT2D eigenvalue weighted by Crippen LogP contribution is -2.46. The van der Waals surface area contributed by atoms with Gasteiger partial charge in [-0.2, -0.15) is 0 Å². The van der Waals surface area contributed by atoms with Crippen LogP contribution in [-0.2, 0) is 9.47 Å². The van der Waals surface area contributed by atoms with Crippen LogP contribution >= 0.6 is 0 Å². The lowest BCUT2D eigenvalue weighted by atomic mass is 9.93. The second kappa shape index (κ2) is 6.52. The molecule has 1 unspecified atom stereocenters. The van der Waals surface area contributed by atoms with Crippen LogP contribution in [0.3, 0.4) is 0 Å². The van der Waals surface area contributed by atoms with Crippen LogP contribution in [0.1, 0.15) is 46.4 Å². The van der Waals surface area contributed by atoms with Gasteiger partial charge in [0.05, 0.1) is 11.3 Å². The molecule has 1 rings (SSSR count). The first-order valence-electron chi connectivity index (χ1n) is 7.20. The van der Waals surface area contributed by atoms with E-state index in [2.05, 4.69) is 4.98 Å². The van der Waals surface area contributed by atoms with Gasteiger partial charge >= 0.3 is 6.09 Å². The summed E-state index contributed by atoms with van der Waals surface area (Å²) in [4.78, 5) is 18.3. The number of amides is 1. The first-order valence-corrected chi connectivity index (χ1v) is 7.20. The smallest absolute Gasteiger partial charge is 0.410 e. The molecule has 2 N–H and O–H groups in total. The molecule has 0 bridgehead atoms. The number of anilines is 1. The van der Waals surface area contributed by atoms with Crippen molar-refractivity contribution in [2.24, 2.45) is 0 Å². The number of aromatic nitrogens is 1. The fraction of sp³-hybridized carbons (Fsp3) is 0.625. The van der Waals surface area contributed by atoms with E-state index in [0.29, 0.717) is 11.4 Å². The molecule has 0 radical (unpaired) electrons. The van der Waals surface area contributed by atoms with Crippen molar-refractivity contribution >= 4 is 11.8 Å². The van der Waals surface area contributed by atoms with Gasteiger partial charge in [0.2, 0.25) is 0 Å². The van der Waals surface area contributed by atoms with Crippen molar-refractivity contribution in [3.8, 4) is 0 Å². The number of ether oxygens (including phenoxy) is 2. The van der Waals surface area contributed by atoms with Crippen LogP contribution in [0.2, 0.25) is 0 Å². The summed E-state index contributed by atoms with van der Waals surface area (Å²) in [5.74, 6) is 0. The first-order chi connectivity index (χ1) is 9.98. The maximum absolute atomic E-state index is 12.4. The zero-order chi connectivity index (χ0) is 17.1. The van der Waals surface area contributed by atoms with Gasteiger partial charge in [0.1, 0.15) is 11.6 Å². The molecule has 0 aliphatic heterocycles. The molecule has 1 amide bonds. The molecule has 0 aliphatic rings. The average molecular weight is 309 g/mol. The Morgan fingerprint density at radius 2 is 1.91 bits per heavy atom. The van der Waals surface area contributed by atoms with Crippen LogP contribution in [0.4, 0.5) is 10.5 Å². The zero-order valence-electron chi connectivity index (χ0n) is 14.5. The number of methoxy groups -OCH3 is 1. The van der Waals surface area contributed by atoms with Crippen molar-refractivity contribution in [1.29, 1.82) is 0 Å². The van der Waals surface area contributed by atoms with E-state index in [9.17, 15) is 4.79 Å². The summed E-state index contributed by atoms with van der Waals surface area (Å²) in [6.07, 6.45) is 1.18. The molecule has 1 aromatic heterocycles. The van der Waals surface area contributed by atoms with E-state index in [-0.39, 0.29) is 0 Å². The second-order valence-electron chi connectivity index (χ2n) is 6.82. The highest BCUT2D eigenvalue weighted by molar-refractivity contribution is 5.68. The molecule has 1 heterocycles. The Morgan fingerprint density at radius 3 is 2.36 bits per heavy atom. The average Bonchev–Trinajstić information content (AvgIpc) is 2.36. The van der Waals surface area contributed by atoms with Crippen LogP contribution in [-0.4, -0.2) is 41.3 Å². The predicted molar refractivity (Wildman–Crippen MR) is 86.5 cm³/mol. The summed E-state index contributed by atoms with van der Waals surface area (Å²) < 4.78 is 11.0. The molecule has 0 aliphatic carbocycles. The minimum absolute atomic E-state index is 0.434. The van der Waals surface area contributed by atoms with Gasteiger partial charge in [-0.15, -0.1) is 0 Å². The van der Waals surface area contributed by atoms with Gasteiger partial charge in [-0.05, 0) is 46.8 Å². The fourth-order valence-corrected chi connectivity index (χ4v) is 2.19. The molecule has 0 saturated heterocycles. The number of hydrogen-bond donors (Lipinski definition) is 1. The van der Waals surface area contributed by atoms with Crippen molar-refractivity contribution in [2.75, 3.05) is 19.9 Å². The Bertz CT molecular complexity index is 524. The maximum Gasteiger partial charge on any atom is 0.410 e. The van der Waals surface area contributed by atoms with E-state index < -0.39 is 23.3 Å². The summed E-state index contributed by atoms with van der Waals surface area (Å²) in [5.41, 5.74) is 5.85. The summed E-state index contributed by atoms with van der Waals surface area (Å²) in [5, 5.41) is 0. The number of carbonyl (C=O) groups excluding carboxylic acids is 1. The normalized spacial score (nSPS) is 13.6. The highest BCUT2D eigenvalue weighted by atomic mass is 16.6. The van der Waals surface area contributed by atoms with Crippen molar-refractivity contribution in [3.05, 3.63) is 24.0 Å². The minimum atomic E-state index is -0.660. The fourth-order valence-electron chi connectivity index (χ4n) is 2.19. The monoisotopic (exact) mass is 309 g/mol. The molecule has 124 valence electrons. The van der Waals surface area contributed by atoms with Crippen molar-refractivity contribution in [2.45, 2.75) is 51.9 Å². The molecule has 22 heavy (non-hydrogen) atoms. The maximum atomic E-state index is 12.4. The third-order valence-electron chi connectivity index (χ3n) is 3.34. The van der Waals surface area contributed by atoms with Gasteiger partial charge in [-0.3, -0.25) is 9.88 Å². The zero-order valence-corrected chi connectivity index (χ0v) is 14.5. The van der Waals surface area contributed by atoms with Gasteiger partial charge in [0, 0.05) is 26.0 Å². The molecule has 0 fully saturated rings. The van der Waals surface area contributed by atoms with Crippen molar-refractivity contribution in [3.63, 3.8) is 0 Å². The molecule has 0 saturated carbocycles. The number of likely N-dealkylation sites (N-methyl/N-ethyl adjacent to an activating group) is 1. The highest BCUT2D eigenvalue weighted by Crippen LogP contribution is 2.33. The molecular weight excluding hydrogens is 282 g/mol. The van der Waals surface area contributed by atoms with Crippen molar-refractivity contribution < 1.29 is 14.3 Å². The van der Waals surface area contributed by atoms with E-state index in [1.165, 1.54) is 4.90 Å². The number of rotatable bonds is 4. The van der Waals surface area contributed by atoms with Crippen LogP contribution < -0.4 is 5.73 Å². The van der Waals surface area contributed by atoms with Gasteiger partial charge < -0.3 is 15.2 Å². The van der Waals surface area contributed by atoms with Gasteiger partial charge in [-0.25, -0.2) is 4.79 Å². The Balaban J connectivity index is 3.19. The van der Waals surface area contributed by atoms with E-state index >= 15 is 0 Å². The Kier molecular flexibility index (Phi) is 5.40. The number of nitrogen functional groups attached to an aromatic ring is 1. The number of hydrogen-bond acceptors (Lipinski definition) is 5. The molecule has 6 heteroatoms. The van der Waals surface area contributed by atoms with E-state index in [0.717, 1.165) is 0 Å². The Labute approximate surface area is 132 Å². The van der Waals surface area contributed by atoms with Crippen LogP contribution in [0, 0.1) is 0 Å². The quantitative estimate of drug-likeness (QED) is 0.925. The summed E-state index contributed by atoms with van der Waals surface area (Å²) >= 11 is 0. The predicted octanol–water partition coefficient (Wildman–Crippen LogP) is 3.00. The van der Waals surface area contributed by atoms with Crippen molar-refractivity contribution in [1.82, 2.24) is 9.88 Å². The van der Waals surface area contributed by atoms with Crippen LogP contribution in [0.25, 0.3) is 0 Å². The SMILES string of the molecule is COC(C)(C)C(c1cc(N)ccn1)N(C)C(=O)OC(C)(C)C. The number of nitrogens with zero attached hydrogens (tertiary/aromatic N) is 2. The lowest BCUT2D eigenvalue weighted by Gasteiger charge is -2.39. The number of nitrogens with two attached hydrogens (primary N) is 1. The summed E-state index contributed by atoms with van der Waals surface area (Å²) in [6.45, 7) is 9.27. The third-order valence-corrected chi connectivity index (χ3v) is 3.34. The topological polar surface area (TPSA) is 77.7 Å². The van der Waals surface area contributed by atoms with Gasteiger partial charge in [0.15, 0.2) is 0 Å². The first kappa shape index (κ1) is 18.2. The summed E-state index contributed by atoms with van der Waals surface area (Å²) in [6, 6.07) is 3.01. The van der Waals surface area contributed by atoms with Crippen LogP contribution in [0.5, 0.6) is 0 Å². The standard InChI is InChI=1S/C16H27N3O3/c1-15(2,3)22-14(20)19(6)13(16(4,5)21-7)12-10-11(17)8-9-18-12/h8-10,13H,1-7H3,(H2,17,18). The molecule has 0 spiro atoms. The molecule has 1 atom stereocenters. The number of carbonyl (C=O) groups is 1. The van der Waals surface area contributed by atoms with E-state index in [4.69, 9.17) is 15.2 Å². The minimum Gasteiger partial charge on any atom is -0.444 e. The van der Waals surface area contributed by atoms with Gasteiger partial charge in [0.25, 0.3) is 0 Å². The van der Waals surface area contributed by atoms with Crippen LogP contribution in [0.15, 0.2) is 18.3 Å². The number of pyridine rings is 1. The molecule has 0 aromatic carbocycles. The largest absolute Gasteiger partial charge is 0.444 e. The Hall–Kier alpha value is -1.82. The molecule has 1 aromatic rings. The third kappa shape index (κ3) is 4.59. The summed E-state index contributed by atoms with van der Waals surface area (Å²) in [7, 11) is 3.27. The molecular formula is C16H27N3O3. The van der Waals surface area contributed by atoms with E-state index in [1.54, 1.807) is 32.5 Å². The second-order valence-corrected chi connectivity index (χ2v) is 6.82. The Morgan fingerprint density at radius 1 is 1.32 bits per heavy atom. The highest BCUT2D eigenvalue weighted by Gasteiger charge is 2.39. The van der Waals surface area contributed by atoms with E-state index in [1.807, 2.05) is 34.6 Å². The lowest BCUT2D eigenvalue weighted by molar-refractivity contribution is -0.0566.